The molecule has 60 atom stereocenters. The SMILES string of the molecule is CC(=O)N[C@H]1[C@H](O[C@H]2[C@H](O)[C@@H](NC(C)=O)C(O)O[C@@H]2CO)O[C@H](CO)[C@@H](O[C@@H]2O[C@H](CO[C@H]3O[C@H](CO[C@H]4O[C@H](CO)[C@@H](O)[C@H](O)[C@@H]4O[C@H]4O[C@H](CO)[C@@H](O)[C@H](O[C@H]5O[C@H](CO)[C@@H](O)[C@H](O)[C@@H]5O)[C@@H]4O)[C@@H](O)[C@H](O[C@H]4O[C@H](CO)[C@@H](O)[C@H](O)[C@@H]4O)[C@@H]3O)[C@@H](O)[C@H](O[C@H]3O[C@H](CO[C@H]4O[C@H](CO)[C@@H](O)[C@H](O)[C@@H]4O)[C@@H](O)[C@H](O)[C@@H]3O[C@H]3O[C@H](CO)[C@@H](O)[C@H](O)[C@@H]3O[C@H]3O[C@H](CO)[C@@H](O)[C@H](O)[C@@H]3O)[C@@H]2O)[C@@H]1O. The van der Waals surface area contributed by atoms with Crippen LogP contribution in [0.5, 0.6) is 0 Å². The van der Waals surface area contributed by atoms with Gasteiger partial charge in [0.05, 0.1) is 79.3 Å². The molecule has 12 rings (SSSR count). The first-order chi connectivity index (χ1) is 65.8. The van der Waals surface area contributed by atoms with E-state index in [0.717, 1.165) is 13.8 Å². The molecule has 12 fully saturated rings. The molecule has 0 aromatic rings. The van der Waals surface area contributed by atoms with Crippen molar-refractivity contribution in [3.63, 3.8) is 0 Å². The van der Waals surface area contributed by atoms with E-state index in [1.807, 2.05) is 0 Å². The molecule has 12 saturated heterocycles. The highest BCUT2D eigenvalue weighted by atomic mass is 16.8. The van der Waals surface area contributed by atoms with Crippen molar-refractivity contribution in [2.75, 3.05) is 79.3 Å². The molecular formula is C76H128N2O61. The van der Waals surface area contributed by atoms with Crippen molar-refractivity contribution in [1.29, 1.82) is 0 Å². The second-order valence-electron chi connectivity index (χ2n) is 35.2. The monoisotopic (exact) mass is 2040 g/mol. The van der Waals surface area contributed by atoms with Crippen LogP contribution in [0.2, 0.25) is 0 Å². The fourth-order valence-corrected chi connectivity index (χ4v) is 17.9. The summed E-state index contributed by atoms with van der Waals surface area (Å²) in [4.78, 5) is 25.5. The first-order valence-corrected chi connectivity index (χ1v) is 44.2. The molecule has 0 spiro atoms. The van der Waals surface area contributed by atoms with E-state index < -0.39 is 459 Å². The molecule has 63 nitrogen and oxygen atoms in total. The topological polar surface area (TPSA) is 999 Å². The summed E-state index contributed by atoms with van der Waals surface area (Å²) in [6, 6.07) is -3.78. The summed E-state index contributed by atoms with van der Waals surface area (Å²) in [6.07, 6.45) is -130. The van der Waals surface area contributed by atoms with Crippen molar-refractivity contribution < 1.29 is 302 Å². The maximum absolute atomic E-state index is 13.2. The van der Waals surface area contributed by atoms with E-state index in [2.05, 4.69) is 10.6 Å². The predicted molar refractivity (Wildman–Crippen MR) is 418 cm³/mol. The van der Waals surface area contributed by atoms with Crippen LogP contribution in [0.3, 0.4) is 0 Å². The third-order valence-corrected chi connectivity index (χ3v) is 25.9. The maximum atomic E-state index is 13.2. The van der Waals surface area contributed by atoms with Gasteiger partial charge in [-0.05, 0) is 0 Å². The van der Waals surface area contributed by atoms with Crippen molar-refractivity contribution in [1.82, 2.24) is 10.6 Å². The number of rotatable bonds is 36. The summed E-state index contributed by atoms with van der Waals surface area (Å²) in [6.45, 7) is -12.2. The molecule has 0 saturated carbocycles. The van der Waals surface area contributed by atoms with Crippen LogP contribution in [0, 0.1) is 0 Å². The Bertz CT molecular complexity index is 3730. The quantitative estimate of drug-likeness (QED) is 0.0277. The lowest BCUT2D eigenvalue weighted by Crippen LogP contribution is -2.70. The fourth-order valence-electron chi connectivity index (χ4n) is 17.9. The van der Waals surface area contributed by atoms with Crippen LogP contribution in [0.15, 0.2) is 0 Å². The highest BCUT2D eigenvalue weighted by Crippen LogP contribution is 2.42. The third kappa shape index (κ3) is 24.7. The predicted octanol–water partition coefficient (Wildman–Crippen LogP) is -26.9. The largest absolute Gasteiger partial charge is 0.394 e. The average Bonchev–Trinajstić information content (AvgIpc) is 0.768. The summed E-state index contributed by atoms with van der Waals surface area (Å²) in [5.74, 6) is -1.87. The standard InChI is InChI=1S/C76H128N2O61/c1-15(88)77-29-41(100)57(24(10-86)120-65(29)116)132-66-30(78-16(2)89)42(101)58(25(11-87)128-66)133-73-56(115)61(136-76-64(49(108)37(96)26(131-76)12-117-67-50(109)43(102)31(90)17(3-79)121-67)139-75-63(48(107)36(95)22(8-84)127-75)138-71-53(112)46(105)34(93)20(6-82)124-71)40(99)28(130-73)13-118-68-54(113)60(135-70-52(111)45(104)33(92)19(5-81)123-70)39(98)27(129-68)14-119-74-62(47(106)35(94)21(7-83)126-74)137-72-55(114)59(38(97)23(9-85)125-72)134-69-51(110)44(103)32(91)18(4-80)122-69/h17-76,79-87,90-116H,3-14H2,1-2H3,(H,77,88)(H,78,89)/t17-,18-,19-,20-,21-,22-,23-,24-,25-,26-,27-,28-,29-,30-,31-,32-,33-,34-,35-,36-,37-,38-,39-,40-,41-,42-,43+,44+,45+,46+,47+,48+,49+,50+,51+,52+,53+,54+,55+,56+,57-,58-,59+,60+,61+,62+,63+,64+,65?,66+,67+,68+,69-,70-,71-,72-,73+,74+,75-,76-/m1/s1. The number of hydrogen-bond donors (Lipinski definition) is 38. The van der Waals surface area contributed by atoms with Gasteiger partial charge >= 0.3 is 0 Å². The van der Waals surface area contributed by atoms with Gasteiger partial charge in [-0.25, -0.2) is 0 Å². The molecule has 12 heterocycles. The molecule has 0 aromatic carbocycles. The first kappa shape index (κ1) is 114. The number of hydrogen-bond acceptors (Lipinski definition) is 61. The van der Waals surface area contributed by atoms with Crippen molar-refractivity contribution in [3.05, 3.63) is 0 Å². The van der Waals surface area contributed by atoms with Crippen LogP contribution < -0.4 is 10.6 Å². The van der Waals surface area contributed by atoms with Gasteiger partial charge in [0, 0.05) is 13.8 Å². The zero-order valence-corrected chi connectivity index (χ0v) is 73.4. The van der Waals surface area contributed by atoms with E-state index in [-0.39, 0.29) is 0 Å². The average molecular weight is 2050 g/mol. The molecule has 2 amide bonds. The molecule has 139 heavy (non-hydrogen) atoms. The van der Waals surface area contributed by atoms with Gasteiger partial charge in [0.25, 0.3) is 0 Å². The minimum absolute atomic E-state index is 0.842. The maximum Gasteiger partial charge on any atom is 0.217 e. The van der Waals surface area contributed by atoms with E-state index in [0.29, 0.717) is 0 Å². The Balaban J connectivity index is 0.904. The molecule has 38 N–H and O–H groups in total. The molecule has 63 heteroatoms. The molecule has 808 valence electrons. The molecular weight excluding hydrogens is 1920 g/mol. The molecule has 0 aromatic heterocycles. The molecule has 12 aliphatic rings. The Morgan fingerprint density at radius 3 is 0.777 bits per heavy atom. The Hall–Kier alpha value is -3.42. The van der Waals surface area contributed by atoms with Gasteiger partial charge in [0.1, 0.15) is 293 Å². The van der Waals surface area contributed by atoms with E-state index in [1.54, 1.807) is 0 Å². The third-order valence-electron chi connectivity index (χ3n) is 25.9. The normalized spacial score (nSPS) is 51.9. The van der Waals surface area contributed by atoms with Gasteiger partial charge in [0.2, 0.25) is 11.8 Å². The molecule has 1 unspecified atom stereocenters. The summed E-state index contributed by atoms with van der Waals surface area (Å²) in [5.41, 5.74) is 0. The van der Waals surface area contributed by atoms with Gasteiger partial charge in [-0.1, -0.05) is 0 Å². The summed E-state index contributed by atoms with van der Waals surface area (Å²) >= 11 is 0. The number of nitrogens with one attached hydrogen (secondary N) is 2. The van der Waals surface area contributed by atoms with Crippen molar-refractivity contribution in [2.24, 2.45) is 0 Å². The van der Waals surface area contributed by atoms with Crippen LogP contribution >= 0.6 is 0 Å². The minimum Gasteiger partial charge on any atom is -0.394 e. The smallest absolute Gasteiger partial charge is 0.217 e. The van der Waals surface area contributed by atoms with E-state index >= 15 is 0 Å². The minimum atomic E-state index is -2.78. The van der Waals surface area contributed by atoms with Gasteiger partial charge in [-0.3, -0.25) is 9.59 Å². The number of carbonyl (C=O) groups is 2. The highest BCUT2D eigenvalue weighted by Gasteiger charge is 2.63. The van der Waals surface area contributed by atoms with Crippen molar-refractivity contribution in [3.8, 4) is 0 Å². The second kappa shape index (κ2) is 49.8. The zero-order chi connectivity index (χ0) is 102. The number of carbonyl (C=O) groups excluding carboxylic acids is 2. The Morgan fingerprint density at radius 1 is 0.187 bits per heavy atom. The summed E-state index contributed by atoms with van der Waals surface area (Å²) in [7, 11) is 0. The molecule has 12 aliphatic heterocycles. The van der Waals surface area contributed by atoms with Crippen LogP contribution in [0.1, 0.15) is 13.8 Å². The van der Waals surface area contributed by atoms with E-state index in [9.17, 15) is 193 Å². The van der Waals surface area contributed by atoms with E-state index in [1.165, 1.54) is 0 Å². The van der Waals surface area contributed by atoms with E-state index in [4.69, 9.17) is 109 Å². The van der Waals surface area contributed by atoms with Gasteiger partial charge in [-0.2, -0.15) is 0 Å². The summed E-state index contributed by atoms with van der Waals surface area (Å²) in [5, 5.41) is 408. The Labute approximate surface area is 784 Å². The fraction of sp³-hybridized carbons (Fsp3) is 0.974. The van der Waals surface area contributed by atoms with Crippen LogP contribution in [0.4, 0.5) is 0 Å². The van der Waals surface area contributed by atoms with Crippen LogP contribution in [0.25, 0.3) is 0 Å². The number of aliphatic hydroxyl groups excluding tert-OH is 36. The molecule has 0 bridgehead atoms. The lowest BCUT2D eigenvalue weighted by molar-refractivity contribution is -0.409. The summed E-state index contributed by atoms with van der Waals surface area (Å²) < 4.78 is 135. The second-order valence-corrected chi connectivity index (χ2v) is 35.2. The Kier molecular flexibility index (Phi) is 41.0. The van der Waals surface area contributed by atoms with Gasteiger partial charge in [0.15, 0.2) is 75.5 Å². The Morgan fingerprint density at radius 2 is 0.396 bits per heavy atom. The van der Waals surface area contributed by atoms with Crippen LogP contribution in [-0.2, 0) is 119 Å². The number of amides is 2. The number of aliphatic hydroxyl groups is 36. The van der Waals surface area contributed by atoms with Crippen molar-refractivity contribution in [2.45, 2.75) is 382 Å². The number of ether oxygens (including phenoxy) is 23. The highest BCUT2D eigenvalue weighted by molar-refractivity contribution is 5.73. The lowest BCUT2D eigenvalue weighted by atomic mass is 9.94. The lowest BCUT2D eigenvalue weighted by Gasteiger charge is -2.51. The zero-order valence-electron chi connectivity index (χ0n) is 73.4. The molecule has 0 aliphatic carbocycles. The van der Waals surface area contributed by atoms with Gasteiger partial charge < -0.3 is 303 Å². The first-order valence-electron chi connectivity index (χ1n) is 44.2. The van der Waals surface area contributed by atoms with Crippen LogP contribution in [-0.4, -0.2) is 643 Å². The van der Waals surface area contributed by atoms with Crippen molar-refractivity contribution >= 4 is 11.8 Å². The van der Waals surface area contributed by atoms with Gasteiger partial charge in [-0.15, -0.1) is 0 Å². The molecule has 0 radical (unpaired) electrons.